The molecule has 0 radical (unpaired) electrons. The second-order valence-electron chi connectivity index (χ2n) is 5.30. The molecule has 2 aromatic rings. The number of nitro benzene ring substituents is 1. The number of aryl methyl sites for hydroxylation is 1. The number of nitrogens with zero attached hydrogens (tertiary/aromatic N) is 1. The first kappa shape index (κ1) is 17.8. The molecule has 24 heavy (non-hydrogen) atoms. The van der Waals surface area contributed by atoms with Crippen LogP contribution in [0.2, 0.25) is 0 Å². The predicted molar refractivity (Wildman–Crippen MR) is 85.4 cm³/mol. The smallest absolute Gasteiger partial charge is 0.311 e. The van der Waals surface area contributed by atoms with Gasteiger partial charge in [-0.05, 0) is 24.6 Å². The molecule has 7 heteroatoms. The van der Waals surface area contributed by atoms with Gasteiger partial charge in [-0.2, -0.15) is 0 Å². The maximum Gasteiger partial charge on any atom is 0.311 e. The number of hydrogen-bond donors (Lipinski definition) is 1. The van der Waals surface area contributed by atoms with Crippen molar-refractivity contribution >= 4 is 5.69 Å². The second-order valence-corrected chi connectivity index (χ2v) is 5.30. The zero-order valence-electron chi connectivity index (χ0n) is 13.1. The predicted octanol–water partition coefficient (Wildman–Crippen LogP) is 3.00. The quantitative estimate of drug-likeness (QED) is 0.592. The number of hydrogen-bond acceptors (Lipinski definition) is 5. The molecule has 0 saturated carbocycles. The van der Waals surface area contributed by atoms with Crippen LogP contribution in [0.5, 0.6) is 5.75 Å². The zero-order valence-corrected chi connectivity index (χ0v) is 13.1. The molecule has 0 spiro atoms. The molecule has 0 aromatic heterocycles. The van der Waals surface area contributed by atoms with Crippen molar-refractivity contribution in [3.8, 4) is 5.75 Å². The summed E-state index contributed by atoms with van der Waals surface area (Å²) in [6, 6.07) is 10.8. The molecule has 0 heterocycles. The number of benzene rings is 2. The van der Waals surface area contributed by atoms with E-state index >= 15 is 0 Å². The Hall–Kier alpha value is -2.51. The molecule has 1 atom stereocenters. The number of aliphatic hydroxyl groups is 1. The molecule has 0 amide bonds. The Labute approximate surface area is 138 Å². The lowest BCUT2D eigenvalue weighted by Gasteiger charge is -2.13. The third kappa shape index (κ3) is 5.00. The van der Waals surface area contributed by atoms with Crippen molar-refractivity contribution in [3.05, 3.63) is 69.5 Å². The Morgan fingerprint density at radius 1 is 1.25 bits per heavy atom. The Kier molecular flexibility index (Phi) is 6.22. The highest BCUT2D eigenvalue weighted by Crippen LogP contribution is 2.27. The van der Waals surface area contributed by atoms with E-state index in [1.807, 2.05) is 0 Å². The molecule has 0 aliphatic heterocycles. The van der Waals surface area contributed by atoms with Crippen molar-refractivity contribution < 1.29 is 23.9 Å². The molecule has 0 aliphatic rings. The van der Waals surface area contributed by atoms with Crippen LogP contribution in [0.25, 0.3) is 0 Å². The van der Waals surface area contributed by atoms with E-state index in [-0.39, 0.29) is 37.1 Å². The number of nitro groups is 1. The highest BCUT2D eigenvalue weighted by atomic mass is 19.1. The van der Waals surface area contributed by atoms with Crippen LogP contribution < -0.4 is 4.74 Å². The topological polar surface area (TPSA) is 81.8 Å². The minimum Gasteiger partial charge on any atom is -0.484 e. The fraction of sp³-hybridized carbons (Fsp3) is 0.294. The van der Waals surface area contributed by atoms with Crippen LogP contribution in [0.3, 0.4) is 0 Å². The van der Waals surface area contributed by atoms with Crippen molar-refractivity contribution in [1.29, 1.82) is 0 Å². The molecular weight excluding hydrogens is 317 g/mol. The third-order valence-corrected chi connectivity index (χ3v) is 3.27. The van der Waals surface area contributed by atoms with Crippen molar-refractivity contribution in [2.45, 2.75) is 19.6 Å². The summed E-state index contributed by atoms with van der Waals surface area (Å²) in [5.41, 5.74) is 0.970. The highest BCUT2D eigenvalue weighted by molar-refractivity contribution is 5.48. The van der Waals surface area contributed by atoms with Crippen LogP contribution in [-0.2, 0) is 11.3 Å². The van der Waals surface area contributed by atoms with Gasteiger partial charge >= 0.3 is 5.69 Å². The summed E-state index contributed by atoms with van der Waals surface area (Å²) in [7, 11) is 0. The number of rotatable bonds is 8. The second kappa shape index (κ2) is 8.37. The van der Waals surface area contributed by atoms with E-state index in [1.165, 1.54) is 18.2 Å². The Bertz CT molecular complexity index is 707. The standard InChI is InChI=1S/C17H18FNO5/c1-12-6-7-17(16(8-12)19(21)22)24-11-14(20)10-23-9-13-4-2-3-5-15(13)18/h2-8,14,20H,9-11H2,1H3. The molecule has 1 unspecified atom stereocenters. The lowest BCUT2D eigenvalue weighted by atomic mass is 10.2. The summed E-state index contributed by atoms with van der Waals surface area (Å²) >= 11 is 0. The van der Waals surface area contributed by atoms with Gasteiger partial charge < -0.3 is 14.6 Å². The van der Waals surface area contributed by atoms with E-state index in [4.69, 9.17) is 9.47 Å². The number of halogens is 1. The normalized spacial score (nSPS) is 12.0. The Balaban J connectivity index is 1.82. The number of aliphatic hydroxyl groups excluding tert-OH is 1. The molecule has 0 aliphatic carbocycles. The first-order chi connectivity index (χ1) is 11.5. The van der Waals surface area contributed by atoms with Crippen LogP contribution in [0.1, 0.15) is 11.1 Å². The molecular formula is C17H18FNO5. The average Bonchev–Trinajstić information content (AvgIpc) is 2.55. The lowest BCUT2D eigenvalue weighted by molar-refractivity contribution is -0.386. The van der Waals surface area contributed by atoms with E-state index in [9.17, 15) is 19.6 Å². The summed E-state index contributed by atoms with van der Waals surface area (Å²) in [5, 5.41) is 20.8. The van der Waals surface area contributed by atoms with Crippen LogP contribution in [0, 0.1) is 22.9 Å². The first-order valence-corrected chi connectivity index (χ1v) is 7.34. The molecule has 0 fully saturated rings. The monoisotopic (exact) mass is 335 g/mol. The SMILES string of the molecule is Cc1ccc(OCC(O)COCc2ccccc2F)c([N+](=O)[O-])c1. The summed E-state index contributed by atoms with van der Waals surface area (Å²) in [4.78, 5) is 10.4. The van der Waals surface area contributed by atoms with Crippen LogP contribution in [0.4, 0.5) is 10.1 Å². The molecule has 0 bridgehead atoms. The van der Waals surface area contributed by atoms with Crippen LogP contribution in [0.15, 0.2) is 42.5 Å². The summed E-state index contributed by atoms with van der Waals surface area (Å²) in [6.45, 7) is 1.52. The maximum absolute atomic E-state index is 13.4. The Morgan fingerprint density at radius 2 is 2.00 bits per heavy atom. The molecule has 6 nitrogen and oxygen atoms in total. The summed E-state index contributed by atoms with van der Waals surface area (Å²) < 4.78 is 23.9. The number of ether oxygens (including phenoxy) is 2. The fourth-order valence-electron chi connectivity index (χ4n) is 2.05. The van der Waals surface area contributed by atoms with Gasteiger partial charge in [0, 0.05) is 11.6 Å². The van der Waals surface area contributed by atoms with Crippen molar-refractivity contribution in [1.82, 2.24) is 0 Å². The van der Waals surface area contributed by atoms with Crippen LogP contribution >= 0.6 is 0 Å². The van der Waals surface area contributed by atoms with Gasteiger partial charge in [0.25, 0.3) is 0 Å². The molecule has 1 N–H and O–H groups in total. The van der Waals surface area contributed by atoms with Gasteiger partial charge in [0.2, 0.25) is 0 Å². The lowest BCUT2D eigenvalue weighted by Crippen LogP contribution is -2.23. The van der Waals surface area contributed by atoms with E-state index in [2.05, 4.69) is 0 Å². The van der Waals surface area contributed by atoms with Gasteiger partial charge in [-0.25, -0.2) is 4.39 Å². The van der Waals surface area contributed by atoms with Gasteiger partial charge in [-0.15, -0.1) is 0 Å². The largest absolute Gasteiger partial charge is 0.484 e. The van der Waals surface area contributed by atoms with Gasteiger partial charge in [0.1, 0.15) is 18.5 Å². The highest BCUT2D eigenvalue weighted by Gasteiger charge is 2.16. The van der Waals surface area contributed by atoms with Gasteiger partial charge in [0.05, 0.1) is 18.1 Å². The molecule has 2 aromatic carbocycles. The molecule has 0 saturated heterocycles. The Morgan fingerprint density at radius 3 is 2.71 bits per heavy atom. The van der Waals surface area contributed by atoms with E-state index in [0.717, 1.165) is 5.56 Å². The van der Waals surface area contributed by atoms with Gasteiger partial charge in [0.15, 0.2) is 5.75 Å². The maximum atomic E-state index is 13.4. The minimum atomic E-state index is -0.988. The third-order valence-electron chi connectivity index (χ3n) is 3.27. The summed E-state index contributed by atoms with van der Waals surface area (Å²) in [6.07, 6.45) is -0.988. The zero-order chi connectivity index (χ0) is 17.5. The molecule has 128 valence electrons. The van der Waals surface area contributed by atoms with Gasteiger partial charge in [-0.3, -0.25) is 10.1 Å². The van der Waals surface area contributed by atoms with E-state index in [0.29, 0.717) is 5.56 Å². The van der Waals surface area contributed by atoms with Crippen LogP contribution in [-0.4, -0.2) is 29.3 Å². The van der Waals surface area contributed by atoms with E-state index < -0.39 is 11.0 Å². The van der Waals surface area contributed by atoms with Crippen molar-refractivity contribution in [2.24, 2.45) is 0 Å². The molecule has 2 rings (SSSR count). The first-order valence-electron chi connectivity index (χ1n) is 7.34. The summed E-state index contributed by atoms with van der Waals surface area (Å²) in [5.74, 6) is -0.294. The van der Waals surface area contributed by atoms with Crippen molar-refractivity contribution in [3.63, 3.8) is 0 Å². The fourth-order valence-corrected chi connectivity index (χ4v) is 2.05. The van der Waals surface area contributed by atoms with Gasteiger partial charge in [-0.1, -0.05) is 24.3 Å². The van der Waals surface area contributed by atoms with E-state index in [1.54, 1.807) is 31.2 Å². The average molecular weight is 335 g/mol. The van der Waals surface area contributed by atoms with Crippen molar-refractivity contribution in [2.75, 3.05) is 13.2 Å². The minimum absolute atomic E-state index is 0.0222.